The first-order valence-electron chi connectivity index (χ1n) is 7.63. The van der Waals surface area contributed by atoms with E-state index in [0.717, 1.165) is 24.1 Å². The molecule has 0 amide bonds. The normalized spacial score (nSPS) is 28.7. The first kappa shape index (κ1) is 14.8. The zero-order valence-corrected chi connectivity index (χ0v) is 14.0. The molecule has 0 spiro atoms. The maximum atomic E-state index is 6.27. The van der Waals surface area contributed by atoms with Crippen molar-refractivity contribution in [1.82, 2.24) is 4.98 Å². The van der Waals surface area contributed by atoms with Crippen molar-refractivity contribution in [2.75, 3.05) is 7.11 Å². The molecule has 0 radical (unpaired) electrons. The van der Waals surface area contributed by atoms with E-state index in [0.29, 0.717) is 17.9 Å². The summed E-state index contributed by atoms with van der Waals surface area (Å²) in [4.78, 5) is 4.89. The Morgan fingerprint density at radius 2 is 2.10 bits per heavy atom. The summed E-state index contributed by atoms with van der Waals surface area (Å²) in [5.41, 5.74) is 7.54. The second kappa shape index (κ2) is 5.25. The Morgan fingerprint density at radius 1 is 1.33 bits per heavy atom. The summed E-state index contributed by atoms with van der Waals surface area (Å²) in [6.07, 6.45) is 2.23. The van der Waals surface area contributed by atoms with Crippen LogP contribution in [0.2, 0.25) is 0 Å². The van der Waals surface area contributed by atoms with Gasteiger partial charge in [-0.1, -0.05) is 20.8 Å². The molecule has 3 nitrogen and oxygen atoms in total. The highest BCUT2D eigenvalue weighted by atomic mass is 32.1. The second-order valence-corrected chi connectivity index (χ2v) is 7.85. The summed E-state index contributed by atoms with van der Waals surface area (Å²) in [5, 5.41) is 1.25. The SMILES string of the molecule is COc1ccc2nc(C3CCC(N)C(C)C3(C)C)sc2c1. The van der Waals surface area contributed by atoms with Crippen molar-refractivity contribution in [3.8, 4) is 5.75 Å². The van der Waals surface area contributed by atoms with Crippen LogP contribution in [-0.4, -0.2) is 18.1 Å². The number of thiazole rings is 1. The molecule has 3 unspecified atom stereocenters. The maximum absolute atomic E-state index is 6.27. The average molecular weight is 304 g/mol. The molecular weight excluding hydrogens is 280 g/mol. The summed E-state index contributed by atoms with van der Waals surface area (Å²) >= 11 is 1.81. The number of aromatic nitrogens is 1. The Balaban J connectivity index is 1.99. The minimum Gasteiger partial charge on any atom is -0.497 e. The molecule has 2 aromatic rings. The van der Waals surface area contributed by atoms with Gasteiger partial charge in [-0.25, -0.2) is 4.98 Å². The summed E-state index contributed by atoms with van der Waals surface area (Å²) in [5.74, 6) is 1.91. The van der Waals surface area contributed by atoms with E-state index < -0.39 is 0 Å². The number of methoxy groups -OCH3 is 1. The molecule has 0 bridgehead atoms. The maximum Gasteiger partial charge on any atom is 0.120 e. The van der Waals surface area contributed by atoms with Gasteiger partial charge in [0.05, 0.1) is 22.3 Å². The largest absolute Gasteiger partial charge is 0.497 e. The van der Waals surface area contributed by atoms with Crippen molar-refractivity contribution in [3.05, 3.63) is 23.2 Å². The number of fused-ring (bicyclic) bond motifs is 1. The summed E-state index contributed by atoms with van der Waals surface area (Å²) in [6, 6.07) is 6.43. The molecule has 3 atom stereocenters. The molecule has 114 valence electrons. The number of hydrogen-bond acceptors (Lipinski definition) is 4. The number of ether oxygens (including phenoxy) is 1. The third-order valence-electron chi connectivity index (χ3n) is 5.41. The molecule has 1 fully saturated rings. The number of rotatable bonds is 2. The highest BCUT2D eigenvalue weighted by Crippen LogP contribution is 2.51. The van der Waals surface area contributed by atoms with Crippen molar-refractivity contribution >= 4 is 21.6 Å². The molecule has 1 aromatic heterocycles. The van der Waals surface area contributed by atoms with Crippen LogP contribution in [0.25, 0.3) is 10.2 Å². The van der Waals surface area contributed by atoms with E-state index >= 15 is 0 Å². The van der Waals surface area contributed by atoms with Crippen LogP contribution >= 0.6 is 11.3 Å². The van der Waals surface area contributed by atoms with Gasteiger partial charge in [0.15, 0.2) is 0 Å². The lowest BCUT2D eigenvalue weighted by Crippen LogP contribution is -2.45. The van der Waals surface area contributed by atoms with Crippen LogP contribution in [0.3, 0.4) is 0 Å². The number of benzene rings is 1. The van der Waals surface area contributed by atoms with E-state index in [1.807, 2.05) is 6.07 Å². The minimum absolute atomic E-state index is 0.190. The smallest absolute Gasteiger partial charge is 0.120 e. The fourth-order valence-electron chi connectivity index (χ4n) is 3.49. The molecule has 0 saturated heterocycles. The average Bonchev–Trinajstić information content (AvgIpc) is 2.87. The van der Waals surface area contributed by atoms with Crippen molar-refractivity contribution in [2.45, 2.75) is 45.6 Å². The summed E-state index contributed by atoms with van der Waals surface area (Å²) in [7, 11) is 1.70. The Kier molecular flexibility index (Phi) is 3.70. The Bertz CT molecular complexity index is 649. The first-order chi connectivity index (χ1) is 9.93. The van der Waals surface area contributed by atoms with Gasteiger partial charge in [0.1, 0.15) is 5.75 Å². The Labute approximate surface area is 130 Å². The quantitative estimate of drug-likeness (QED) is 0.905. The van der Waals surface area contributed by atoms with Gasteiger partial charge < -0.3 is 10.5 Å². The molecule has 4 heteroatoms. The molecule has 0 aliphatic heterocycles. The number of nitrogens with zero attached hydrogens (tertiary/aromatic N) is 1. The van der Waals surface area contributed by atoms with Gasteiger partial charge in [0, 0.05) is 12.0 Å². The third kappa shape index (κ3) is 2.44. The fraction of sp³-hybridized carbons (Fsp3) is 0.588. The van der Waals surface area contributed by atoms with Gasteiger partial charge >= 0.3 is 0 Å². The van der Waals surface area contributed by atoms with E-state index in [4.69, 9.17) is 15.5 Å². The lowest BCUT2D eigenvalue weighted by molar-refractivity contribution is 0.0993. The molecule has 1 saturated carbocycles. The second-order valence-electron chi connectivity index (χ2n) is 6.79. The molecule has 1 heterocycles. The zero-order valence-electron chi connectivity index (χ0n) is 13.2. The van der Waals surface area contributed by atoms with Gasteiger partial charge in [-0.2, -0.15) is 0 Å². The van der Waals surface area contributed by atoms with Crippen molar-refractivity contribution in [3.63, 3.8) is 0 Å². The first-order valence-corrected chi connectivity index (χ1v) is 8.45. The highest BCUT2D eigenvalue weighted by molar-refractivity contribution is 7.18. The van der Waals surface area contributed by atoms with Gasteiger partial charge in [0.25, 0.3) is 0 Å². The Hall–Kier alpha value is -1.13. The predicted octanol–water partition coefficient (Wildman–Crippen LogP) is 4.17. The van der Waals surface area contributed by atoms with E-state index in [1.165, 1.54) is 9.71 Å². The molecule has 1 aliphatic carbocycles. The number of hydrogen-bond donors (Lipinski definition) is 1. The van der Waals surface area contributed by atoms with Gasteiger partial charge in [-0.15, -0.1) is 11.3 Å². The van der Waals surface area contributed by atoms with Crippen LogP contribution in [0.1, 0.15) is 44.5 Å². The van der Waals surface area contributed by atoms with Gasteiger partial charge in [-0.3, -0.25) is 0 Å². The molecule has 1 aromatic carbocycles. The third-order valence-corrected chi connectivity index (χ3v) is 6.54. The van der Waals surface area contributed by atoms with Crippen LogP contribution in [0.15, 0.2) is 18.2 Å². The lowest BCUT2D eigenvalue weighted by Gasteiger charge is -2.46. The standard InChI is InChI=1S/C17H24N2OS/c1-10-13(18)7-6-12(17(10,2)3)16-19-14-8-5-11(20-4)9-15(14)21-16/h5,8-10,12-13H,6-7,18H2,1-4H3. The zero-order chi connectivity index (χ0) is 15.2. The van der Waals surface area contributed by atoms with Crippen LogP contribution in [0.5, 0.6) is 5.75 Å². The molecule has 21 heavy (non-hydrogen) atoms. The topological polar surface area (TPSA) is 48.1 Å². The van der Waals surface area contributed by atoms with Crippen molar-refractivity contribution in [2.24, 2.45) is 17.1 Å². The van der Waals surface area contributed by atoms with Crippen LogP contribution in [0.4, 0.5) is 0 Å². The molecule has 2 N–H and O–H groups in total. The van der Waals surface area contributed by atoms with Gasteiger partial charge in [-0.05, 0) is 42.4 Å². The fourth-order valence-corrected chi connectivity index (χ4v) is 4.82. The van der Waals surface area contributed by atoms with Crippen molar-refractivity contribution in [1.29, 1.82) is 0 Å². The van der Waals surface area contributed by atoms with Gasteiger partial charge in [0.2, 0.25) is 0 Å². The van der Waals surface area contributed by atoms with Crippen molar-refractivity contribution < 1.29 is 4.74 Å². The van der Waals surface area contributed by atoms with E-state index in [1.54, 1.807) is 18.4 Å². The monoisotopic (exact) mass is 304 g/mol. The number of nitrogens with two attached hydrogens (primary N) is 1. The predicted molar refractivity (Wildman–Crippen MR) is 89.1 cm³/mol. The van der Waals surface area contributed by atoms with E-state index in [9.17, 15) is 0 Å². The molecule has 3 rings (SSSR count). The summed E-state index contributed by atoms with van der Waals surface area (Å²) < 4.78 is 6.52. The summed E-state index contributed by atoms with van der Waals surface area (Å²) in [6.45, 7) is 6.97. The lowest BCUT2D eigenvalue weighted by atomic mass is 9.61. The molecular formula is C17H24N2OS. The van der Waals surface area contributed by atoms with Crippen LogP contribution in [0, 0.1) is 11.3 Å². The van der Waals surface area contributed by atoms with E-state index in [-0.39, 0.29) is 5.41 Å². The van der Waals surface area contributed by atoms with Crippen LogP contribution < -0.4 is 10.5 Å². The minimum atomic E-state index is 0.190. The van der Waals surface area contributed by atoms with Crippen LogP contribution in [-0.2, 0) is 0 Å². The molecule has 1 aliphatic rings. The van der Waals surface area contributed by atoms with E-state index in [2.05, 4.69) is 32.9 Å². The Morgan fingerprint density at radius 3 is 2.81 bits per heavy atom. The highest BCUT2D eigenvalue weighted by Gasteiger charge is 2.43.